The molecule has 3 aromatic heterocycles. The van der Waals surface area contributed by atoms with Crippen molar-refractivity contribution in [2.75, 3.05) is 19.5 Å². The first-order valence-corrected chi connectivity index (χ1v) is 10.8. The lowest BCUT2D eigenvalue weighted by Crippen LogP contribution is -2.12. The second kappa shape index (κ2) is 8.09. The Labute approximate surface area is 173 Å². The van der Waals surface area contributed by atoms with Crippen molar-refractivity contribution >= 4 is 45.0 Å². The number of carbonyl (C=O) groups is 1. The summed E-state index contributed by atoms with van der Waals surface area (Å²) in [7, 11) is 3.18. The van der Waals surface area contributed by atoms with Crippen LogP contribution in [0, 0.1) is 0 Å². The summed E-state index contributed by atoms with van der Waals surface area (Å²) in [4.78, 5) is 22.5. The maximum atomic E-state index is 12.5. The summed E-state index contributed by atoms with van der Waals surface area (Å²) in [6, 6.07) is 9.53. The minimum Gasteiger partial charge on any atom is -0.493 e. The number of methoxy groups -OCH3 is 2. The number of hydrogen-bond acceptors (Lipinski definition) is 8. The van der Waals surface area contributed by atoms with Crippen molar-refractivity contribution in [3.8, 4) is 32.6 Å². The molecule has 1 N–H and O–H groups in total. The molecule has 0 fully saturated rings. The lowest BCUT2D eigenvalue weighted by molar-refractivity contribution is 0.102. The Balaban J connectivity index is 1.50. The third-order valence-corrected chi connectivity index (χ3v) is 6.51. The number of rotatable bonds is 6. The van der Waals surface area contributed by atoms with E-state index in [1.54, 1.807) is 30.9 Å². The number of aromatic nitrogens is 2. The van der Waals surface area contributed by atoms with E-state index < -0.39 is 0 Å². The number of thiazole rings is 2. The van der Waals surface area contributed by atoms with Crippen LogP contribution in [0.25, 0.3) is 21.1 Å². The van der Waals surface area contributed by atoms with Gasteiger partial charge in [0.1, 0.15) is 10.7 Å². The van der Waals surface area contributed by atoms with Gasteiger partial charge >= 0.3 is 0 Å². The quantitative estimate of drug-likeness (QED) is 0.452. The van der Waals surface area contributed by atoms with E-state index in [9.17, 15) is 4.79 Å². The molecular weight excluding hydrogens is 414 g/mol. The first-order chi connectivity index (χ1) is 13.7. The standard InChI is InChI=1S/C19H15N3O3S3/c1-24-14-6-5-11(8-15(14)25-2)12-9-28-19(21-12)22-17(23)13-10-27-18(20-13)16-4-3-7-26-16/h3-10H,1-2H3,(H,21,22,23). The van der Waals surface area contributed by atoms with Crippen LogP contribution in [0.15, 0.2) is 46.5 Å². The second-order valence-corrected chi connectivity index (χ2v) is 8.24. The van der Waals surface area contributed by atoms with Gasteiger partial charge in [-0.3, -0.25) is 10.1 Å². The molecule has 0 saturated heterocycles. The van der Waals surface area contributed by atoms with Crippen LogP contribution < -0.4 is 14.8 Å². The van der Waals surface area contributed by atoms with Gasteiger partial charge in [0.15, 0.2) is 16.6 Å². The second-order valence-electron chi connectivity index (χ2n) is 5.58. The third kappa shape index (κ3) is 3.77. The highest BCUT2D eigenvalue weighted by Crippen LogP contribution is 2.34. The first kappa shape index (κ1) is 18.6. The first-order valence-electron chi connectivity index (χ1n) is 8.16. The van der Waals surface area contributed by atoms with E-state index in [0.29, 0.717) is 22.3 Å². The molecule has 0 aliphatic heterocycles. The number of carbonyl (C=O) groups excluding carboxylic acids is 1. The van der Waals surface area contributed by atoms with E-state index >= 15 is 0 Å². The highest BCUT2D eigenvalue weighted by molar-refractivity contribution is 7.20. The zero-order valence-electron chi connectivity index (χ0n) is 15.0. The molecule has 0 atom stereocenters. The van der Waals surface area contributed by atoms with Gasteiger partial charge in [0, 0.05) is 16.3 Å². The molecule has 0 spiro atoms. The lowest BCUT2D eigenvalue weighted by Gasteiger charge is -2.08. The molecule has 9 heteroatoms. The molecule has 4 rings (SSSR count). The highest BCUT2D eigenvalue weighted by atomic mass is 32.1. The SMILES string of the molecule is COc1ccc(-c2csc(NC(=O)c3csc(-c4cccs4)n3)n2)cc1OC. The van der Waals surface area contributed by atoms with Crippen molar-refractivity contribution in [2.24, 2.45) is 0 Å². The molecule has 0 unspecified atom stereocenters. The Kier molecular flexibility index (Phi) is 5.38. The molecule has 0 radical (unpaired) electrons. The molecule has 6 nitrogen and oxygen atoms in total. The number of hydrogen-bond donors (Lipinski definition) is 1. The lowest BCUT2D eigenvalue weighted by atomic mass is 10.1. The van der Waals surface area contributed by atoms with Crippen molar-refractivity contribution in [1.29, 1.82) is 0 Å². The van der Waals surface area contributed by atoms with Gasteiger partial charge in [0.25, 0.3) is 5.91 Å². The van der Waals surface area contributed by atoms with Crippen LogP contribution in [-0.2, 0) is 0 Å². The van der Waals surface area contributed by atoms with E-state index in [2.05, 4.69) is 15.3 Å². The monoisotopic (exact) mass is 429 g/mol. The van der Waals surface area contributed by atoms with Gasteiger partial charge in [-0.1, -0.05) is 6.07 Å². The van der Waals surface area contributed by atoms with Gasteiger partial charge in [-0.2, -0.15) is 0 Å². The van der Waals surface area contributed by atoms with Crippen molar-refractivity contribution in [1.82, 2.24) is 9.97 Å². The van der Waals surface area contributed by atoms with E-state index in [1.807, 2.05) is 41.1 Å². The molecule has 0 aliphatic carbocycles. The fourth-order valence-electron chi connectivity index (χ4n) is 2.51. The number of nitrogens with one attached hydrogen (secondary N) is 1. The van der Waals surface area contributed by atoms with E-state index in [-0.39, 0.29) is 5.91 Å². The minimum absolute atomic E-state index is 0.271. The highest BCUT2D eigenvalue weighted by Gasteiger charge is 2.15. The number of amides is 1. The Morgan fingerprint density at radius 3 is 2.61 bits per heavy atom. The smallest absolute Gasteiger partial charge is 0.276 e. The predicted octanol–water partition coefficient (Wildman–Crippen LogP) is 5.26. The minimum atomic E-state index is -0.271. The fourth-order valence-corrected chi connectivity index (χ4v) is 4.84. The van der Waals surface area contributed by atoms with E-state index in [1.165, 1.54) is 22.7 Å². The molecular formula is C19H15N3O3S3. The molecule has 0 aliphatic rings. The zero-order chi connectivity index (χ0) is 19.5. The molecule has 28 heavy (non-hydrogen) atoms. The normalized spacial score (nSPS) is 10.6. The topological polar surface area (TPSA) is 73.3 Å². The maximum Gasteiger partial charge on any atom is 0.276 e. The summed E-state index contributed by atoms with van der Waals surface area (Å²) in [5.41, 5.74) is 2.01. The summed E-state index contributed by atoms with van der Waals surface area (Å²) in [5, 5.41) is 9.80. The van der Waals surface area contributed by atoms with Gasteiger partial charge in [-0.25, -0.2) is 9.97 Å². The molecule has 0 saturated carbocycles. The van der Waals surface area contributed by atoms with Gasteiger partial charge in [0.05, 0.1) is 24.8 Å². The van der Waals surface area contributed by atoms with Crippen LogP contribution in [0.4, 0.5) is 5.13 Å². The number of nitrogens with zero attached hydrogens (tertiary/aromatic N) is 2. The third-order valence-electron chi connectivity index (χ3n) is 3.87. The van der Waals surface area contributed by atoms with Crippen LogP contribution in [-0.4, -0.2) is 30.1 Å². The molecule has 1 aromatic carbocycles. The molecule has 142 valence electrons. The zero-order valence-corrected chi connectivity index (χ0v) is 17.4. The average molecular weight is 430 g/mol. The van der Waals surface area contributed by atoms with Crippen molar-refractivity contribution in [2.45, 2.75) is 0 Å². The van der Waals surface area contributed by atoms with Crippen molar-refractivity contribution in [3.63, 3.8) is 0 Å². The van der Waals surface area contributed by atoms with Gasteiger partial charge in [-0.05, 0) is 29.6 Å². The summed E-state index contributed by atoms with van der Waals surface area (Å²) < 4.78 is 10.6. The van der Waals surface area contributed by atoms with Crippen molar-refractivity contribution < 1.29 is 14.3 Å². The van der Waals surface area contributed by atoms with E-state index in [4.69, 9.17) is 9.47 Å². The van der Waals surface area contributed by atoms with Crippen LogP contribution in [0.1, 0.15) is 10.5 Å². The van der Waals surface area contributed by atoms with Gasteiger partial charge in [-0.15, -0.1) is 34.0 Å². The molecule has 0 bridgehead atoms. The van der Waals surface area contributed by atoms with E-state index in [0.717, 1.165) is 21.1 Å². The van der Waals surface area contributed by atoms with Crippen LogP contribution in [0.3, 0.4) is 0 Å². The summed E-state index contributed by atoms with van der Waals surface area (Å²) in [5.74, 6) is 1.01. The van der Waals surface area contributed by atoms with Crippen molar-refractivity contribution in [3.05, 3.63) is 52.2 Å². The number of anilines is 1. The molecule has 3 heterocycles. The van der Waals surface area contributed by atoms with Crippen LogP contribution >= 0.6 is 34.0 Å². The Morgan fingerprint density at radius 1 is 1.00 bits per heavy atom. The Bertz CT molecular complexity index is 1100. The average Bonchev–Trinajstić information content (AvgIpc) is 3.48. The van der Waals surface area contributed by atoms with Gasteiger partial charge < -0.3 is 9.47 Å². The fraction of sp³-hybridized carbons (Fsp3) is 0.105. The summed E-state index contributed by atoms with van der Waals surface area (Å²) >= 11 is 4.41. The predicted molar refractivity (Wildman–Crippen MR) is 114 cm³/mol. The molecule has 4 aromatic rings. The van der Waals surface area contributed by atoms with Gasteiger partial charge in [0.2, 0.25) is 0 Å². The maximum absolute atomic E-state index is 12.5. The Morgan fingerprint density at radius 2 is 1.86 bits per heavy atom. The number of ether oxygens (including phenoxy) is 2. The van der Waals surface area contributed by atoms with Crippen LogP contribution in [0.5, 0.6) is 11.5 Å². The van der Waals surface area contributed by atoms with Crippen LogP contribution in [0.2, 0.25) is 0 Å². The largest absolute Gasteiger partial charge is 0.493 e. The number of thiophene rings is 1. The summed E-state index contributed by atoms with van der Waals surface area (Å²) in [6.45, 7) is 0. The Hall–Kier alpha value is -2.75. The molecule has 1 amide bonds. The number of benzene rings is 1. The summed E-state index contributed by atoms with van der Waals surface area (Å²) in [6.07, 6.45) is 0.